The summed E-state index contributed by atoms with van der Waals surface area (Å²) in [7, 11) is 1.19. The lowest BCUT2D eigenvalue weighted by atomic mass is 10.1. The molecular formula is C17H19N3O6. The molecule has 0 aliphatic rings. The summed E-state index contributed by atoms with van der Waals surface area (Å²) in [5.41, 5.74) is 1.62. The molecule has 26 heavy (non-hydrogen) atoms. The zero-order valence-corrected chi connectivity index (χ0v) is 14.6. The van der Waals surface area contributed by atoms with Gasteiger partial charge in [0.25, 0.3) is 0 Å². The van der Waals surface area contributed by atoms with Gasteiger partial charge in [-0.05, 0) is 13.8 Å². The van der Waals surface area contributed by atoms with E-state index in [0.29, 0.717) is 5.56 Å². The summed E-state index contributed by atoms with van der Waals surface area (Å²) in [6.45, 7) is 3.13. The largest absolute Gasteiger partial charge is 0.467 e. The van der Waals surface area contributed by atoms with Crippen LogP contribution in [0, 0.1) is 0 Å². The molecule has 2 rings (SSSR count). The van der Waals surface area contributed by atoms with Crippen molar-refractivity contribution >= 4 is 17.8 Å². The first-order valence-corrected chi connectivity index (χ1v) is 7.85. The van der Waals surface area contributed by atoms with Gasteiger partial charge < -0.3 is 9.47 Å². The van der Waals surface area contributed by atoms with Crippen molar-refractivity contribution in [2.24, 2.45) is 0 Å². The maximum atomic E-state index is 12.8. The van der Waals surface area contributed by atoms with Crippen LogP contribution in [0.1, 0.15) is 35.9 Å². The lowest BCUT2D eigenvalue weighted by molar-refractivity contribution is -0.144. The number of ketones is 1. The van der Waals surface area contributed by atoms with E-state index in [1.54, 1.807) is 37.3 Å². The van der Waals surface area contributed by atoms with Crippen molar-refractivity contribution in [3.63, 3.8) is 0 Å². The number of aromatic nitrogens is 2. The minimum absolute atomic E-state index is 0.0851. The molecule has 1 amide bonds. The number of imidazole rings is 1. The van der Waals surface area contributed by atoms with E-state index in [4.69, 9.17) is 4.74 Å². The van der Waals surface area contributed by atoms with Crippen LogP contribution in [0.2, 0.25) is 0 Å². The number of hydrogen-bond acceptors (Lipinski definition) is 6. The maximum Gasteiger partial charge on any atom is 0.426 e. The molecule has 0 radical (unpaired) electrons. The highest BCUT2D eigenvalue weighted by Crippen LogP contribution is 2.12. The van der Waals surface area contributed by atoms with E-state index in [-0.39, 0.29) is 12.3 Å². The molecule has 1 heterocycles. The molecule has 0 spiro atoms. The lowest BCUT2D eigenvalue weighted by Gasteiger charge is -2.09. The second-order valence-corrected chi connectivity index (χ2v) is 5.27. The van der Waals surface area contributed by atoms with E-state index < -0.39 is 29.6 Å². The standard InChI is InChI=1S/C17H19N3O6/c1-4-26-16(23)18-20-13(14(21)12-8-6-5-7-9-12)10-19(17(20)24)11(2)15(22)25-3/h5-11H,4H2,1-3H3,(H,18,23)/t11-/m0/s1. The number of nitrogens with zero attached hydrogens (tertiary/aromatic N) is 2. The zero-order chi connectivity index (χ0) is 19.3. The highest BCUT2D eigenvalue weighted by atomic mass is 16.6. The number of nitrogens with one attached hydrogen (secondary N) is 1. The summed E-state index contributed by atoms with van der Waals surface area (Å²) in [5.74, 6) is -1.17. The van der Waals surface area contributed by atoms with Gasteiger partial charge in [-0.25, -0.2) is 19.8 Å². The first-order valence-electron chi connectivity index (χ1n) is 7.85. The van der Waals surface area contributed by atoms with Crippen molar-refractivity contribution in [2.75, 3.05) is 19.1 Å². The van der Waals surface area contributed by atoms with Gasteiger partial charge in [0.1, 0.15) is 11.7 Å². The molecular weight excluding hydrogens is 342 g/mol. The number of esters is 1. The van der Waals surface area contributed by atoms with Gasteiger partial charge in [0.05, 0.1) is 13.7 Å². The van der Waals surface area contributed by atoms with Gasteiger partial charge in [-0.3, -0.25) is 9.36 Å². The molecule has 1 aromatic carbocycles. The van der Waals surface area contributed by atoms with Gasteiger partial charge in [0.15, 0.2) is 0 Å². The van der Waals surface area contributed by atoms with E-state index in [2.05, 4.69) is 10.2 Å². The molecule has 0 saturated heterocycles. The van der Waals surface area contributed by atoms with Crippen LogP contribution >= 0.6 is 0 Å². The normalized spacial score (nSPS) is 11.5. The molecule has 2 aromatic rings. The Balaban J connectivity index is 2.54. The first-order chi connectivity index (χ1) is 12.4. The molecule has 0 fully saturated rings. The SMILES string of the molecule is CCOC(=O)Nn1c(C(=O)c2ccccc2)cn([C@@H](C)C(=O)OC)c1=O. The van der Waals surface area contributed by atoms with Crippen LogP contribution in [0.3, 0.4) is 0 Å². The Hall–Kier alpha value is -3.36. The smallest absolute Gasteiger partial charge is 0.426 e. The van der Waals surface area contributed by atoms with E-state index >= 15 is 0 Å². The summed E-state index contributed by atoms with van der Waals surface area (Å²) in [4.78, 5) is 48.9. The van der Waals surface area contributed by atoms with Gasteiger partial charge in [-0.15, -0.1) is 0 Å². The Kier molecular flexibility index (Phi) is 5.94. The molecule has 0 aliphatic carbocycles. The van der Waals surface area contributed by atoms with Gasteiger partial charge in [0, 0.05) is 11.8 Å². The average molecular weight is 361 g/mol. The minimum atomic E-state index is -0.986. The summed E-state index contributed by atoms with van der Waals surface area (Å²) >= 11 is 0. The molecule has 138 valence electrons. The highest BCUT2D eigenvalue weighted by molar-refractivity contribution is 6.08. The molecule has 9 nitrogen and oxygen atoms in total. The maximum absolute atomic E-state index is 12.8. The van der Waals surface area contributed by atoms with Gasteiger partial charge in [-0.1, -0.05) is 30.3 Å². The molecule has 9 heteroatoms. The summed E-state index contributed by atoms with van der Waals surface area (Å²) in [5, 5.41) is 0. The van der Waals surface area contributed by atoms with Crippen LogP contribution in [0.15, 0.2) is 41.3 Å². The number of rotatable bonds is 6. The third-order valence-electron chi connectivity index (χ3n) is 3.62. The zero-order valence-electron chi connectivity index (χ0n) is 14.6. The summed E-state index contributed by atoms with van der Waals surface area (Å²) in [6.07, 6.45) is 0.297. The van der Waals surface area contributed by atoms with Crippen molar-refractivity contribution in [2.45, 2.75) is 19.9 Å². The summed E-state index contributed by atoms with van der Waals surface area (Å²) < 4.78 is 11.2. The molecule has 1 N–H and O–H groups in total. The predicted octanol–water partition coefficient (Wildman–Crippen LogP) is 1.31. The highest BCUT2D eigenvalue weighted by Gasteiger charge is 2.26. The number of methoxy groups -OCH3 is 1. The molecule has 0 saturated carbocycles. The Bertz CT molecular complexity index is 868. The first kappa shape index (κ1) is 19.0. The third-order valence-corrected chi connectivity index (χ3v) is 3.62. The molecule has 1 aromatic heterocycles. The molecule has 0 unspecified atom stereocenters. The van der Waals surface area contributed by atoms with Crippen molar-refractivity contribution in [3.8, 4) is 0 Å². The Morgan fingerprint density at radius 1 is 1.19 bits per heavy atom. The van der Waals surface area contributed by atoms with Crippen LogP contribution in [-0.4, -0.2) is 40.8 Å². The molecule has 1 atom stereocenters. The van der Waals surface area contributed by atoms with Crippen LogP contribution in [-0.2, 0) is 14.3 Å². The van der Waals surface area contributed by atoms with Crippen molar-refractivity contribution in [1.29, 1.82) is 0 Å². The number of carbonyl (C=O) groups is 3. The number of hydrogen-bond donors (Lipinski definition) is 1. The quantitative estimate of drug-likeness (QED) is 0.614. The van der Waals surface area contributed by atoms with E-state index in [1.165, 1.54) is 20.2 Å². The van der Waals surface area contributed by atoms with Crippen LogP contribution < -0.4 is 11.1 Å². The lowest BCUT2D eigenvalue weighted by Crippen LogP contribution is -2.38. The topological polar surface area (TPSA) is 109 Å². The third kappa shape index (κ3) is 3.82. The fourth-order valence-corrected chi connectivity index (χ4v) is 2.29. The van der Waals surface area contributed by atoms with E-state index in [0.717, 1.165) is 9.24 Å². The molecule has 0 aliphatic heterocycles. The van der Waals surface area contributed by atoms with Crippen LogP contribution in [0.25, 0.3) is 0 Å². The minimum Gasteiger partial charge on any atom is -0.467 e. The average Bonchev–Trinajstić information content (AvgIpc) is 2.97. The van der Waals surface area contributed by atoms with Crippen LogP contribution in [0.5, 0.6) is 0 Å². The van der Waals surface area contributed by atoms with E-state index in [9.17, 15) is 19.2 Å². The van der Waals surface area contributed by atoms with Gasteiger partial charge in [0.2, 0.25) is 5.78 Å². The predicted molar refractivity (Wildman–Crippen MR) is 91.7 cm³/mol. The van der Waals surface area contributed by atoms with Gasteiger partial charge >= 0.3 is 17.8 Å². The van der Waals surface area contributed by atoms with Gasteiger partial charge in [-0.2, -0.15) is 4.68 Å². The Labute approximate surface area is 149 Å². The molecule has 0 bridgehead atoms. The second-order valence-electron chi connectivity index (χ2n) is 5.27. The fourth-order valence-electron chi connectivity index (χ4n) is 2.29. The number of benzene rings is 1. The Morgan fingerprint density at radius 2 is 1.85 bits per heavy atom. The number of carbonyl (C=O) groups excluding carboxylic acids is 3. The number of ether oxygens (including phenoxy) is 2. The van der Waals surface area contributed by atoms with E-state index in [1.807, 2.05) is 0 Å². The second kappa shape index (κ2) is 8.15. The van der Waals surface area contributed by atoms with Crippen molar-refractivity contribution in [3.05, 3.63) is 58.3 Å². The number of amides is 1. The summed E-state index contributed by atoms with van der Waals surface area (Å²) in [6, 6.07) is 7.24. The van der Waals surface area contributed by atoms with Crippen molar-refractivity contribution in [1.82, 2.24) is 9.24 Å². The van der Waals surface area contributed by atoms with Crippen molar-refractivity contribution < 1.29 is 23.9 Å². The fraction of sp³-hybridized carbons (Fsp3) is 0.294. The van der Waals surface area contributed by atoms with Crippen LogP contribution in [0.4, 0.5) is 4.79 Å². The Morgan fingerprint density at radius 3 is 2.42 bits per heavy atom. The monoisotopic (exact) mass is 361 g/mol.